The fourth-order valence-corrected chi connectivity index (χ4v) is 2.10. The van der Waals surface area contributed by atoms with E-state index in [1.807, 2.05) is 13.8 Å². The summed E-state index contributed by atoms with van der Waals surface area (Å²) in [5.74, 6) is -4.48. The van der Waals surface area contributed by atoms with E-state index in [1.165, 1.54) is 6.92 Å². The SMILES string of the molecule is CC(C)CC(NC(=O)C(C)N)C(=O)NC(CCC(=O)O)C(=O)NCC(=O)O. The second-order valence-electron chi connectivity index (χ2n) is 6.58. The molecule has 7 N–H and O–H groups in total. The first-order chi connectivity index (χ1) is 12.4. The highest BCUT2D eigenvalue weighted by atomic mass is 16.4. The van der Waals surface area contributed by atoms with Gasteiger partial charge in [0.15, 0.2) is 0 Å². The van der Waals surface area contributed by atoms with Crippen LogP contribution < -0.4 is 21.7 Å². The van der Waals surface area contributed by atoms with Crippen LogP contribution in [0.1, 0.15) is 40.0 Å². The summed E-state index contributed by atoms with van der Waals surface area (Å²) in [6, 6.07) is -3.06. The summed E-state index contributed by atoms with van der Waals surface area (Å²) in [5, 5.41) is 24.4. The van der Waals surface area contributed by atoms with Gasteiger partial charge in [-0.3, -0.25) is 24.0 Å². The minimum atomic E-state index is -1.28. The molecule has 0 rings (SSSR count). The molecule has 11 nitrogen and oxygen atoms in total. The number of amides is 3. The lowest BCUT2D eigenvalue weighted by atomic mass is 10.0. The standard InChI is InChI=1S/C16H28N4O7/c1-8(2)6-11(20-14(25)9(3)17)16(27)19-10(4-5-12(21)22)15(26)18-7-13(23)24/h8-11H,4-7,17H2,1-3H3,(H,18,26)(H,19,27)(H,20,25)(H,21,22)(H,23,24). The van der Waals surface area contributed by atoms with E-state index in [0.29, 0.717) is 0 Å². The molecule has 0 bridgehead atoms. The van der Waals surface area contributed by atoms with Crippen molar-refractivity contribution in [2.45, 2.75) is 58.2 Å². The maximum atomic E-state index is 12.5. The van der Waals surface area contributed by atoms with E-state index in [9.17, 15) is 24.0 Å². The first-order valence-corrected chi connectivity index (χ1v) is 8.51. The molecule has 3 amide bonds. The highest BCUT2D eigenvalue weighted by molar-refractivity contribution is 5.93. The van der Waals surface area contributed by atoms with Gasteiger partial charge < -0.3 is 31.9 Å². The highest BCUT2D eigenvalue weighted by Gasteiger charge is 2.28. The number of carboxylic acids is 2. The molecule has 0 saturated carbocycles. The van der Waals surface area contributed by atoms with Gasteiger partial charge in [0, 0.05) is 6.42 Å². The number of aliphatic carboxylic acids is 2. The number of nitrogens with one attached hydrogen (secondary N) is 3. The molecule has 0 aromatic carbocycles. The number of nitrogens with two attached hydrogens (primary N) is 1. The molecule has 3 atom stereocenters. The Morgan fingerprint density at radius 2 is 1.41 bits per heavy atom. The van der Waals surface area contributed by atoms with E-state index in [1.54, 1.807) is 0 Å². The zero-order valence-corrected chi connectivity index (χ0v) is 15.7. The van der Waals surface area contributed by atoms with E-state index < -0.39 is 60.8 Å². The van der Waals surface area contributed by atoms with Crippen LogP contribution in [-0.4, -0.2) is 64.5 Å². The topological polar surface area (TPSA) is 188 Å². The summed E-state index contributed by atoms with van der Waals surface area (Å²) in [4.78, 5) is 57.8. The monoisotopic (exact) mass is 388 g/mol. The van der Waals surface area contributed by atoms with Crippen LogP contribution in [0, 0.1) is 5.92 Å². The van der Waals surface area contributed by atoms with E-state index in [0.717, 1.165) is 0 Å². The van der Waals surface area contributed by atoms with Gasteiger partial charge in [0.1, 0.15) is 18.6 Å². The summed E-state index contributed by atoms with van der Waals surface area (Å²) in [5.41, 5.74) is 5.48. The summed E-state index contributed by atoms with van der Waals surface area (Å²) in [6.45, 7) is 4.45. The van der Waals surface area contributed by atoms with Crippen molar-refractivity contribution >= 4 is 29.7 Å². The second kappa shape index (κ2) is 11.8. The molecule has 3 unspecified atom stereocenters. The number of carboxylic acid groups (broad SMARTS) is 2. The Morgan fingerprint density at radius 3 is 1.85 bits per heavy atom. The van der Waals surface area contributed by atoms with Crippen molar-refractivity contribution in [2.24, 2.45) is 11.7 Å². The zero-order valence-electron chi connectivity index (χ0n) is 15.7. The van der Waals surface area contributed by atoms with Crippen molar-refractivity contribution in [1.82, 2.24) is 16.0 Å². The van der Waals surface area contributed by atoms with Crippen LogP contribution in [0.2, 0.25) is 0 Å². The molecule has 0 aliphatic carbocycles. The largest absolute Gasteiger partial charge is 0.481 e. The molecule has 27 heavy (non-hydrogen) atoms. The summed E-state index contributed by atoms with van der Waals surface area (Å²) >= 11 is 0. The maximum Gasteiger partial charge on any atom is 0.322 e. The Balaban J connectivity index is 5.19. The number of carbonyl (C=O) groups excluding carboxylic acids is 3. The summed E-state index contributed by atoms with van der Waals surface area (Å²) in [6.07, 6.45) is -0.374. The third-order valence-electron chi connectivity index (χ3n) is 3.45. The van der Waals surface area contributed by atoms with Crippen molar-refractivity contribution in [3.8, 4) is 0 Å². The van der Waals surface area contributed by atoms with Crippen molar-refractivity contribution in [3.05, 3.63) is 0 Å². The smallest absolute Gasteiger partial charge is 0.322 e. The number of rotatable bonds is 12. The van der Waals surface area contributed by atoms with Crippen LogP contribution >= 0.6 is 0 Å². The second-order valence-corrected chi connectivity index (χ2v) is 6.58. The number of hydrogen-bond donors (Lipinski definition) is 6. The van der Waals surface area contributed by atoms with Gasteiger partial charge in [0.2, 0.25) is 17.7 Å². The van der Waals surface area contributed by atoms with Crippen LogP contribution in [0.5, 0.6) is 0 Å². The number of carbonyl (C=O) groups is 5. The molecule has 0 radical (unpaired) electrons. The molecule has 0 aliphatic heterocycles. The Hall–Kier alpha value is -2.69. The minimum Gasteiger partial charge on any atom is -0.481 e. The first-order valence-electron chi connectivity index (χ1n) is 8.51. The lowest BCUT2D eigenvalue weighted by Gasteiger charge is -2.24. The van der Waals surface area contributed by atoms with Gasteiger partial charge in [-0.15, -0.1) is 0 Å². The van der Waals surface area contributed by atoms with E-state index in [4.69, 9.17) is 15.9 Å². The Morgan fingerprint density at radius 1 is 0.852 bits per heavy atom. The van der Waals surface area contributed by atoms with Crippen LogP contribution in [0.3, 0.4) is 0 Å². The summed E-state index contributed by atoms with van der Waals surface area (Å²) < 4.78 is 0. The molecule has 0 saturated heterocycles. The predicted molar refractivity (Wildman–Crippen MR) is 94.5 cm³/mol. The highest BCUT2D eigenvalue weighted by Crippen LogP contribution is 2.07. The summed E-state index contributed by atoms with van der Waals surface area (Å²) in [7, 11) is 0. The fourth-order valence-electron chi connectivity index (χ4n) is 2.10. The molecule has 0 aromatic rings. The molecule has 0 heterocycles. The molecule has 0 fully saturated rings. The normalized spacial score (nSPS) is 14.0. The fraction of sp³-hybridized carbons (Fsp3) is 0.688. The quantitative estimate of drug-likeness (QED) is 0.231. The van der Waals surface area contributed by atoms with Crippen molar-refractivity contribution < 1.29 is 34.2 Å². The molecule has 154 valence electrons. The van der Waals surface area contributed by atoms with Crippen molar-refractivity contribution in [1.29, 1.82) is 0 Å². The van der Waals surface area contributed by atoms with Gasteiger partial charge in [-0.25, -0.2) is 0 Å². The lowest BCUT2D eigenvalue weighted by molar-refractivity contribution is -0.140. The van der Waals surface area contributed by atoms with Crippen molar-refractivity contribution in [2.75, 3.05) is 6.54 Å². The third kappa shape index (κ3) is 10.8. The molecular formula is C16H28N4O7. The van der Waals surface area contributed by atoms with Crippen LogP contribution in [0.25, 0.3) is 0 Å². The third-order valence-corrected chi connectivity index (χ3v) is 3.45. The van der Waals surface area contributed by atoms with Gasteiger partial charge in [-0.05, 0) is 25.7 Å². The molecule has 0 aliphatic rings. The minimum absolute atomic E-state index is 0.0347. The lowest BCUT2D eigenvalue weighted by Crippen LogP contribution is -2.56. The van der Waals surface area contributed by atoms with Crippen LogP contribution in [0.15, 0.2) is 0 Å². The first kappa shape index (κ1) is 24.3. The van der Waals surface area contributed by atoms with Gasteiger partial charge in [-0.2, -0.15) is 0 Å². The van der Waals surface area contributed by atoms with E-state index in [2.05, 4.69) is 16.0 Å². The van der Waals surface area contributed by atoms with Crippen LogP contribution in [0.4, 0.5) is 0 Å². The number of hydrogen-bond acceptors (Lipinski definition) is 6. The van der Waals surface area contributed by atoms with Crippen LogP contribution in [-0.2, 0) is 24.0 Å². The average Bonchev–Trinajstić information content (AvgIpc) is 2.54. The van der Waals surface area contributed by atoms with Crippen molar-refractivity contribution in [3.63, 3.8) is 0 Å². The average molecular weight is 388 g/mol. The molecular weight excluding hydrogens is 360 g/mol. The van der Waals surface area contributed by atoms with Gasteiger partial charge in [0.25, 0.3) is 0 Å². The Kier molecular flexibility index (Phi) is 10.7. The predicted octanol–water partition coefficient (Wildman–Crippen LogP) is -1.59. The molecule has 11 heteroatoms. The molecule has 0 aromatic heterocycles. The zero-order chi connectivity index (χ0) is 21.1. The van der Waals surface area contributed by atoms with Gasteiger partial charge >= 0.3 is 11.9 Å². The Bertz CT molecular complexity index is 563. The Labute approximate surface area is 157 Å². The van der Waals surface area contributed by atoms with E-state index in [-0.39, 0.29) is 18.8 Å². The molecule has 0 spiro atoms. The van der Waals surface area contributed by atoms with Gasteiger partial charge in [-0.1, -0.05) is 13.8 Å². The van der Waals surface area contributed by atoms with Gasteiger partial charge in [0.05, 0.1) is 6.04 Å². The maximum absolute atomic E-state index is 12.5. The van der Waals surface area contributed by atoms with E-state index >= 15 is 0 Å².